The molecular formula is C14H19N7. The van der Waals surface area contributed by atoms with Crippen LogP contribution in [-0.4, -0.2) is 26.5 Å². The lowest BCUT2D eigenvalue weighted by Gasteiger charge is -2.00. The molecule has 0 fully saturated rings. The molecule has 2 aromatic rings. The van der Waals surface area contributed by atoms with Gasteiger partial charge in [0, 0.05) is 36.0 Å². The molecule has 0 saturated carbocycles. The smallest absolute Gasteiger partial charge is 0.114 e. The zero-order valence-electron chi connectivity index (χ0n) is 12.0. The molecule has 0 spiro atoms. The molecule has 0 N–H and O–H groups in total. The molecule has 7 heteroatoms. The Labute approximate surface area is 123 Å². The molecule has 0 bridgehead atoms. The summed E-state index contributed by atoms with van der Waals surface area (Å²) in [7, 11) is 0. The van der Waals surface area contributed by atoms with Crippen molar-refractivity contribution in [1.82, 2.24) is 20.0 Å². The van der Waals surface area contributed by atoms with Crippen LogP contribution in [0.3, 0.4) is 0 Å². The fraction of sp³-hybridized carbons (Fsp3) is 0.500. The minimum Gasteiger partial charge on any atom is -0.264 e. The van der Waals surface area contributed by atoms with Crippen molar-refractivity contribution in [3.05, 3.63) is 41.2 Å². The van der Waals surface area contributed by atoms with Crippen molar-refractivity contribution in [2.24, 2.45) is 5.11 Å². The highest BCUT2D eigenvalue weighted by Crippen LogP contribution is 2.14. The average Bonchev–Trinajstić information content (AvgIpc) is 3.00. The molecule has 0 aliphatic heterocycles. The van der Waals surface area contributed by atoms with E-state index < -0.39 is 0 Å². The van der Waals surface area contributed by atoms with E-state index in [-0.39, 0.29) is 0 Å². The fourth-order valence-electron chi connectivity index (χ4n) is 2.09. The van der Waals surface area contributed by atoms with E-state index >= 15 is 0 Å². The molecule has 0 aromatic carbocycles. The Kier molecular flexibility index (Phi) is 6.22. The number of hydrogen-bond donors (Lipinski definition) is 0. The normalized spacial score (nSPS) is 10.3. The molecule has 0 unspecified atom stereocenters. The van der Waals surface area contributed by atoms with Crippen molar-refractivity contribution >= 4 is 0 Å². The van der Waals surface area contributed by atoms with Gasteiger partial charge >= 0.3 is 0 Å². The second kappa shape index (κ2) is 8.71. The quantitative estimate of drug-likeness (QED) is 0.305. The summed E-state index contributed by atoms with van der Waals surface area (Å²) in [6.45, 7) is 1.48. The summed E-state index contributed by atoms with van der Waals surface area (Å²) in [5, 5.41) is 11.8. The van der Waals surface area contributed by atoms with Gasteiger partial charge in [-0.25, -0.2) is 0 Å². The number of unbranched alkanes of at least 4 members (excludes halogenated alkanes) is 4. The number of nitrogens with zero attached hydrogens (tertiary/aromatic N) is 7. The van der Waals surface area contributed by atoms with E-state index in [0.29, 0.717) is 6.54 Å². The van der Waals surface area contributed by atoms with Gasteiger partial charge in [-0.1, -0.05) is 29.6 Å². The highest BCUT2D eigenvalue weighted by Gasteiger charge is 2.03. The molecular weight excluding hydrogens is 266 g/mol. The topological polar surface area (TPSA) is 92.4 Å². The Morgan fingerprint density at radius 2 is 2.05 bits per heavy atom. The Hall–Kier alpha value is -2.40. The average molecular weight is 285 g/mol. The number of hydrogen-bond acceptors (Lipinski definition) is 4. The van der Waals surface area contributed by atoms with Crippen LogP contribution in [0.2, 0.25) is 0 Å². The lowest BCUT2D eigenvalue weighted by Crippen LogP contribution is -1.98. The summed E-state index contributed by atoms with van der Waals surface area (Å²) in [6.07, 6.45) is 11.0. The van der Waals surface area contributed by atoms with Gasteiger partial charge in [0.25, 0.3) is 0 Å². The Bertz CT molecular complexity index is 572. The zero-order valence-corrected chi connectivity index (χ0v) is 12.0. The van der Waals surface area contributed by atoms with E-state index in [1.807, 2.05) is 23.0 Å². The van der Waals surface area contributed by atoms with E-state index in [9.17, 15) is 0 Å². The molecule has 2 heterocycles. The summed E-state index contributed by atoms with van der Waals surface area (Å²) in [5.74, 6) is 0. The third-order valence-corrected chi connectivity index (χ3v) is 3.20. The molecule has 0 aliphatic carbocycles. The van der Waals surface area contributed by atoms with Gasteiger partial charge < -0.3 is 0 Å². The molecule has 7 nitrogen and oxygen atoms in total. The molecule has 0 aliphatic rings. The van der Waals surface area contributed by atoms with Crippen LogP contribution in [0, 0.1) is 0 Å². The predicted molar refractivity (Wildman–Crippen MR) is 80.4 cm³/mol. The Morgan fingerprint density at radius 3 is 2.86 bits per heavy atom. The van der Waals surface area contributed by atoms with Crippen molar-refractivity contribution in [2.75, 3.05) is 6.54 Å². The van der Waals surface area contributed by atoms with Gasteiger partial charge in [0.15, 0.2) is 0 Å². The van der Waals surface area contributed by atoms with Gasteiger partial charge in [0.05, 0.1) is 6.20 Å². The van der Waals surface area contributed by atoms with E-state index in [0.717, 1.165) is 49.9 Å². The zero-order chi connectivity index (χ0) is 14.8. The van der Waals surface area contributed by atoms with Crippen LogP contribution < -0.4 is 0 Å². The maximum atomic E-state index is 8.16. The third-order valence-electron chi connectivity index (χ3n) is 3.20. The maximum absolute atomic E-state index is 8.16. The first-order valence-electron chi connectivity index (χ1n) is 7.21. The van der Waals surface area contributed by atoms with Crippen LogP contribution in [0.4, 0.5) is 0 Å². The van der Waals surface area contributed by atoms with Gasteiger partial charge in [-0.05, 0) is 30.5 Å². The van der Waals surface area contributed by atoms with Crippen molar-refractivity contribution < 1.29 is 0 Å². The summed E-state index contributed by atoms with van der Waals surface area (Å²) in [5.41, 5.74) is 10.0. The van der Waals surface area contributed by atoms with Gasteiger partial charge in [-0.2, -0.15) is 0 Å². The van der Waals surface area contributed by atoms with E-state index in [4.69, 9.17) is 5.53 Å². The second-order valence-corrected chi connectivity index (χ2v) is 4.83. The number of azide groups is 1. The van der Waals surface area contributed by atoms with Crippen LogP contribution in [0.1, 0.15) is 32.1 Å². The van der Waals surface area contributed by atoms with Gasteiger partial charge in [0.2, 0.25) is 0 Å². The van der Waals surface area contributed by atoms with Crippen molar-refractivity contribution in [3.8, 4) is 11.3 Å². The molecule has 2 aromatic heterocycles. The van der Waals surface area contributed by atoms with Gasteiger partial charge in [0.1, 0.15) is 5.69 Å². The lowest BCUT2D eigenvalue weighted by molar-refractivity contribution is 0.518. The highest BCUT2D eigenvalue weighted by molar-refractivity contribution is 5.55. The minimum atomic E-state index is 0.605. The number of pyridine rings is 1. The molecule has 21 heavy (non-hydrogen) atoms. The van der Waals surface area contributed by atoms with Crippen molar-refractivity contribution in [3.63, 3.8) is 0 Å². The Balaban J connectivity index is 1.66. The number of aryl methyl sites for hydroxylation is 1. The number of aromatic nitrogens is 4. The SMILES string of the molecule is [N-]=[N+]=NCCCCCCCn1cc(-c2cccnc2)nn1. The number of rotatable bonds is 9. The first-order chi connectivity index (χ1) is 10.4. The van der Waals surface area contributed by atoms with Crippen molar-refractivity contribution in [2.45, 2.75) is 38.6 Å². The predicted octanol–water partition coefficient (Wildman–Crippen LogP) is 3.60. The first-order valence-corrected chi connectivity index (χ1v) is 7.21. The molecule has 0 radical (unpaired) electrons. The van der Waals surface area contributed by atoms with Crippen LogP contribution >= 0.6 is 0 Å². The van der Waals surface area contributed by atoms with E-state index in [1.54, 1.807) is 12.4 Å². The van der Waals surface area contributed by atoms with Crippen LogP contribution in [0.15, 0.2) is 35.8 Å². The summed E-state index contributed by atoms with van der Waals surface area (Å²) in [6, 6.07) is 3.87. The first kappa shape index (κ1) is 15.0. The van der Waals surface area contributed by atoms with E-state index in [1.165, 1.54) is 0 Å². The van der Waals surface area contributed by atoms with Crippen LogP contribution in [-0.2, 0) is 6.54 Å². The highest BCUT2D eigenvalue weighted by atomic mass is 15.4. The lowest BCUT2D eigenvalue weighted by atomic mass is 10.1. The maximum Gasteiger partial charge on any atom is 0.114 e. The van der Waals surface area contributed by atoms with Crippen LogP contribution in [0.5, 0.6) is 0 Å². The van der Waals surface area contributed by atoms with E-state index in [2.05, 4.69) is 25.3 Å². The molecule has 110 valence electrons. The fourth-order valence-corrected chi connectivity index (χ4v) is 2.09. The molecule has 0 atom stereocenters. The summed E-state index contributed by atoms with van der Waals surface area (Å²) >= 11 is 0. The van der Waals surface area contributed by atoms with Crippen molar-refractivity contribution in [1.29, 1.82) is 0 Å². The molecule has 0 saturated heterocycles. The van der Waals surface area contributed by atoms with Gasteiger partial charge in [-0.3, -0.25) is 9.67 Å². The summed E-state index contributed by atoms with van der Waals surface area (Å²) < 4.78 is 1.88. The molecule has 2 rings (SSSR count). The minimum absolute atomic E-state index is 0.605. The largest absolute Gasteiger partial charge is 0.264 e. The monoisotopic (exact) mass is 285 g/mol. The Morgan fingerprint density at radius 1 is 1.19 bits per heavy atom. The molecule has 0 amide bonds. The standard InChI is InChI=1S/C14H19N7/c15-19-17-9-4-2-1-3-5-10-21-12-14(18-20-21)13-7-6-8-16-11-13/h6-8,11-12H,1-5,9-10H2. The third kappa shape index (κ3) is 5.24. The van der Waals surface area contributed by atoms with Gasteiger partial charge in [-0.15, -0.1) is 5.10 Å². The van der Waals surface area contributed by atoms with Crippen LogP contribution in [0.25, 0.3) is 21.7 Å². The summed E-state index contributed by atoms with van der Waals surface area (Å²) in [4.78, 5) is 6.82. The second-order valence-electron chi connectivity index (χ2n) is 4.83.